The summed E-state index contributed by atoms with van der Waals surface area (Å²) < 4.78 is 0. The first-order valence-electron chi connectivity index (χ1n) is 7.35. The van der Waals surface area contributed by atoms with Crippen LogP contribution >= 0.6 is 0 Å². The summed E-state index contributed by atoms with van der Waals surface area (Å²) in [5, 5.41) is 2.97. The highest BCUT2D eigenvalue weighted by Gasteiger charge is 2.23. The average molecular weight is 276 g/mol. The maximum absolute atomic E-state index is 12.0. The van der Waals surface area contributed by atoms with Crippen molar-refractivity contribution < 1.29 is 4.79 Å². The van der Waals surface area contributed by atoms with Gasteiger partial charge in [-0.05, 0) is 31.2 Å². The Morgan fingerprint density at radius 2 is 1.95 bits per heavy atom. The van der Waals surface area contributed by atoms with Gasteiger partial charge in [0.2, 0.25) is 5.82 Å². The molecule has 0 bridgehead atoms. The van der Waals surface area contributed by atoms with Crippen LogP contribution in [0.25, 0.3) is 0 Å². The highest BCUT2D eigenvalue weighted by molar-refractivity contribution is 5.90. The zero-order chi connectivity index (χ0) is 14.5. The highest BCUT2D eigenvalue weighted by Crippen LogP contribution is 2.20. The molecule has 1 aromatic heterocycles. The van der Waals surface area contributed by atoms with E-state index in [1.54, 1.807) is 18.5 Å². The number of amides is 1. The number of likely N-dealkylation sites (tertiary alicyclic amines) is 1. The van der Waals surface area contributed by atoms with Gasteiger partial charge in [-0.2, -0.15) is 0 Å². The number of piperidine rings is 1. The van der Waals surface area contributed by atoms with E-state index in [2.05, 4.69) is 34.0 Å². The second-order valence-electron chi connectivity index (χ2n) is 6.11. The lowest BCUT2D eigenvalue weighted by atomic mass is 9.92. The molecule has 1 saturated heterocycles. The van der Waals surface area contributed by atoms with Crippen LogP contribution in [-0.2, 0) is 0 Å². The quantitative estimate of drug-likeness (QED) is 0.907. The van der Waals surface area contributed by atoms with Crippen LogP contribution in [0.5, 0.6) is 0 Å². The Labute approximate surface area is 120 Å². The lowest BCUT2D eigenvalue weighted by Crippen LogP contribution is -2.47. The molecule has 2 heterocycles. The third kappa shape index (κ3) is 4.27. The van der Waals surface area contributed by atoms with Gasteiger partial charge in [0.25, 0.3) is 5.91 Å². The maximum atomic E-state index is 12.0. The number of rotatable bonds is 4. The molecule has 1 amide bonds. The van der Waals surface area contributed by atoms with Crippen LogP contribution < -0.4 is 5.32 Å². The summed E-state index contributed by atoms with van der Waals surface area (Å²) in [6, 6.07) is 1.81. The second-order valence-corrected chi connectivity index (χ2v) is 6.11. The molecule has 0 unspecified atom stereocenters. The van der Waals surface area contributed by atoms with E-state index in [4.69, 9.17) is 0 Å². The zero-order valence-electron chi connectivity index (χ0n) is 12.5. The first-order valence-corrected chi connectivity index (χ1v) is 7.35. The number of aromatic nitrogens is 2. The van der Waals surface area contributed by atoms with Gasteiger partial charge in [0.05, 0.1) is 0 Å². The SMILES string of the molecule is C[C@@H]1C[C@@H](C)CN(C[C@H](C)NC(=O)c2ncccn2)C1. The Balaban J connectivity index is 1.83. The average Bonchev–Trinajstić information content (AvgIpc) is 2.38. The summed E-state index contributed by atoms with van der Waals surface area (Å²) in [6.45, 7) is 9.74. The van der Waals surface area contributed by atoms with Gasteiger partial charge < -0.3 is 10.2 Å². The molecular weight excluding hydrogens is 252 g/mol. The number of nitrogens with zero attached hydrogens (tertiary/aromatic N) is 3. The zero-order valence-corrected chi connectivity index (χ0v) is 12.5. The van der Waals surface area contributed by atoms with E-state index in [9.17, 15) is 4.79 Å². The predicted molar refractivity (Wildman–Crippen MR) is 78.3 cm³/mol. The predicted octanol–water partition coefficient (Wildman–Crippen LogP) is 1.57. The minimum absolute atomic E-state index is 0.101. The molecule has 0 radical (unpaired) electrons. The van der Waals surface area contributed by atoms with Crippen molar-refractivity contribution in [3.63, 3.8) is 0 Å². The molecule has 5 heteroatoms. The van der Waals surface area contributed by atoms with Gasteiger partial charge in [0, 0.05) is 38.1 Å². The van der Waals surface area contributed by atoms with Crippen molar-refractivity contribution in [3.8, 4) is 0 Å². The normalized spacial score (nSPS) is 25.1. The molecule has 0 aliphatic carbocycles. The van der Waals surface area contributed by atoms with Crippen molar-refractivity contribution >= 4 is 5.91 Å². The first-order chi connectivity index (χ1) is 9.54. The maximum Gasteiger partial charge on any atom is 0.289 e. The fourth-order valence-corrected chi connectivity index (χ4v) is 3.08. The third-order valence-electron chi connectivity index (χ3n) is 3.62. The number of hydrogen-bond acceptors (Lipinski definition) is 4. The summed E-state index contributed by atoms with van der Waals surface area (Å²) in [5.41, 5.74) is 0. The van der Waals surface area contributed by atoms with Gasteiger partial charge in [-0.15, -0.1) is 0 Å². The molecule has 0 spiro atoms. The van der Waals surface area contributed by atoms with Gasteiger partial charge in [0.1, 0.15) is 0 Å². The van der Waals surface area contributed by atoms with Crippen LogP contribution in [0.4, 0.5) is 0 Å². The fourth-order valence-electron chi connectivity index (χ4n) is 3.08. The van der Waals surface area contributed by atoms with Crippen LogP contribution in [0.15, 0.2) is 18.5 Å². The Morgan fingerprint density at radius 1 is 1.35 bits per heavy atom. The van der Waals surface area contributed by atoms with Gasteiger partial charge in [-0.3, -0.25) is 4.79 Å². The molecule has 110 valence electrons. The Hall–Kier alpha value is -1.49. The summed E-state index contributed by atoms with van der Waals surface area (Å²) in [7, 11) is 0. The molecular formula is C15H24N4O. The van der Waals surface area contributed by atoms with Crippen molar-refractivity contribution in [3.05, 3.63) is 24.3 Å². The molecule has 1 fully saturated rings. The van der Waals surface area contributed by atoms with Crippen LogP contribution in [-0.4, -0.2) is 46.5 Å². The van der Waals surface area contributed by atoms with Crippen molar-refractivity contribution in [2.75, 3.05) is 19.6 Å². The largest absolute Gasteiger partial charge is 0.346 e. The standard InChI is InChI=1S/C15H24N4O/c1-11-7-12(2)9-19(8-11)10-13(3)18-15(20)14-16-5-4-6-17-14/h4-6,11-13H,7-10H2,1-3H3,(H,18,20)/t11-,12-,13+/m1/s1. The molecule has 1 aliphatic heterocycles. The van der Waals surface area contributed by atoms with E-state index in [0.717, 1.165) is 31.5 Å². The van der Waals surface area contributed by atoms with Gasteiger partial charge in [-0.1, -0.05) is 13.8 Å². The number of hydrogen-bond donors (Lipinski definition) is 1. The third-order valence-corrected chi connectivity index (χ3v) is 3.62. The monoisotopic (exact) mass is 276 g/mol. The second kappa shape index (κ2) is 6.79. The summed E-state index contributed by atoms with van der Waals surface area (Å²) >= 11 is 0. The molecule has 3 atom stereocenters. The first kappa shape index (κ1) is 14.9. The summed E-state index contributed by atoms with van der Waals surface area (Å²) in [4.78, 5) is 22.3. The van der Waals surface area contributed by atoms with E-state index >= 15 is 0 Å². The topological polar surface area (TPSA) is 58.1 Å². The molecule has 20 heavy (non-hydrogen) atoms. The Bertz CT molecular complexity index is 427. The van der Waals surface area contributed by atoms with Crippen molar-refractivity contribution in [2.24, 2.45) is 11.8 Å². The van der Waals surface area contributed by atoms with Crippen LogP contribution in [0, 0.1) is 11.8 Å². The summed E-state index contributed by atoms with van der Waals surface area (Å²) in [6.07, 6.45) is 4.47. The minimum atomic E-state index is -0.198. The number of nitrogens with one attached hydrogen (secondary N) is 1. The van der Waals surface area contributed by atoms with E-state index in [0.29, 0.717) is 0 Å². The molecule has 0 saturated carbocycles. The highest BCUT2D eigenvalue weighted by atomic mass is 16.2. The molecule has 2 rings (SSSR count). The van der Waals surface area contributed by atoms with E-state index in [1.807, 2.05) is 6.92 Å². The van der Waals surface area contributed by atoms with Crippen LogP contribution in [0.2, 0.25) is 0 Å². The lowest BCUT2D eigenvalue weighted by Gasteiger charge is -2.36. The number of carbonyl (C=O) groups excluding carboxylic acids is 1. The molecule has 5 nitrogen and oxygen atoms in total. The number of carbonyl (C=O) groups is 1. The van der Waals surface area contributed by atoms with Gasteiger partial charge in [0.15, 0.2) is 0 Å². The fraction of sp³-hybridized carbons (Fsp3) is 0.667. The van der Waals surface area contributed by atoms with E-state index < -0.39 is 0 Å². The molecule has 0 aromatic carbocycles. The van der Waals surface area contributed by atoms with Gasteiger partial charge in [-0.25, -0.2) is 9.97 Å². The van der Waals surface area contributed by atoms with E-state index in [-0.39, 0.29) is 17.8 Å². The minimum Gasteiger partial charge on any atom is -0.346 e. The van der Waals surface area contributed by atoms with Gasteiger partial charge >= 0.3 is 0 Å². The Kier molecular flexibility index (Phi) is 5.06. The lowest BCUT2D eigenvalue weighted by molar-refractivity contribution is 0.0895. The molecule has 1 aliphatic rings. The van der Waals surface area contributed by atoms with Crippen LogP contribution in [0.3, 0.4) is 0 Å². The van der Waals surface area contributed by atoms with Crippen molar-refractivity contribution in [1.29, 1.82) is 0 Å². The molecule has 1 N–H and O–H groups in total. The molecule has 1 aromatic rings. The summed E-state index contributed by atoms with van der Waals surface area (Å²) in [5.74, 6) is 1.51. The van der Waals surface area contributed by atoms with Crippen LogP contribution in [0.1, 0.15) is 37.8 Å². The Morgan fingerprint density at radius 3 is 2.55 bits per heavy atom. The van der Waals surface area contributed by atoms with Crippen molar-refractivity contribution in [2.45, 2.75) is 33.2 Å². The van der Waals surface area contributed by atoms with Crippen molar-refractivity contribution in [1.82, 2.24) is 20.2 Å². The smallest absolute Gasteiger partial charge is 0.289 e. The van der Waals surface area contributed by atoms with E-state index in [1.165, 1.54) is 6.42 Å².